The number of fused-ring (bicyclic) bond motifs is 1. The molecule has 6 nitrogen and oxygen atoms in total. The van der Waals surface area contributed by atoms with Crippen LogP contribution in [0.5, 0.6) is 5.75 Å². The van der Waals surface area contributed by atoms with E-state index < -0.39 is 5.97 Å². The highest BCUT2D eigenvalue weighted by Crippen LogP contribution is 2.34. The van der Waals surface area contributed by atoms with Crippen molar-refractivity contribution < 1.29 is 19.4 Å². The van der Waals surface area contributed by atoms with E-state index in [1.807, 2.05) is 12.1 Å². The summed E-state index contributed by atoms with van der Waals surface area (Å²) in [5.74, 6) is -0.380. The number of aromatic nitrogens is 2. The van der Waals surface area contributed by atoms with Gasteiger partial charge in [-0.15, -0.1) is 0 Å². The molecule has 1 aromatic carbocycles. The lowest BCUT2D eigenvalue weighted by molar-refractivity contribution is 0.0690. The van der Waals surface area contributed by atoms with Crippen molar-refractivity contribution in [3.8, 4) is 17.0 Å². The van der Waals surface area contributed by atoms with Crippen molar-refractivity contribution in [3.05, 3.63) is 35.0 Å². The zero-order valence-electron chi connectivity index (χ0n) is 10.3. The Labute approximate surface area is 109 Å². The first-order valence-electron chi connectivity index (χ1n) is 5.75. The Kier molecular flexibility index (Phi) is 2.72. The number of aromatic amines is 1. The maximum Gasteiger partial charge on any atom is 0.353 e. The number of carbonyl (C=O) groups is 1. The first-order chi connectivity index (χ1) is 9.19. The second kappa shape index (κ2) is 4.40. The maximum absolute atomic E-state index is 10.9. The van der Waals surface area contributed by atoms with Gasteiger partial charge in [-0.1, -0.05) is 0 Å². The van der Waals surface area contributed by atoms with Gasteiger partial charge < -0.3 is 14.6 Å². The summed E-state index contributed by atoms with van der Waals surface area (Å²) in [4.78, 5) is 10.9. The van der Waals surface area contributed by atoms with E-state index in [1.165, 1.54) is 6.07 Å². The highest BCUT2D eigenvalue weighted by molar-refractivity contribution is 5.87. The average Bonchev–Trinajstić information content (AvgIpc) is 3.05. The van der Waals surface area contributed by atoms with Gasteiger partial charge in [-0.25, -0.2) is 4.79 Å². The average molecular weight is 260 g/mol. The summed E-state index contributed by atoms with van der Waals surface area (Å²) in [7, 11) is 1.58. The van der Waals surface area contributed by atoms with Crippen LogP contribution in [0.2, 0.25) is 0 Å². The van der Waals surface area contributed by atoms with Crippen molar-refractivity contribution in [1.29, 1.82) is 0 Å². The summed E-state index contributed by atoms with van der Waals surface area (Å²) in [6.45, 7) is 1.13. The largest absolute Gasteiger partial charge is 0.496 e. The van der Waals surface area contributed by atoms with Crippen molar-refractivity contribution >= 4 is 5.97 Å². The van der Waals surface area contributed by atoms with Crippen LogP contribution >= 0.6 is 0 Å². The Morgan fingerprint density at radius 1 is 1.37 bits per heavy atom. The molecular formula is C13H12N2O4. The van der Waals surface area contributed by atoms with Gasteiger partial charge in [-0.05, 0) is 29.3 Å². The van der Waals surface area contributed by atoms with Gasteiger partial charge >= 0.3 is 5.97 Å². The predicted molar refractivity (Wildman–Crippen MR) is 66.0 cm³/mol. The minimum Gasteiger partial charge on any atom is -0.496 e. The van der Waals surface area contributed by atoms with E-state index in [4.69, 9.17) is 14.6 Å². The van der Waals surface area contributed by atoms with Crippen molar-refractivity contribution in [2.24, 2.45) is 0 Å². The SMILES string of the molecule is COc1cc2c(cc1-c1cc(C(=O)O)[nH]n1)COC2. The number of methoxy groups -OCH3 is 1. The van der Waals surface area contributed by atoms with E-state index in [1.54, 1.807) is 7.11 Å². The molecular weight excluding hydrogens is 248 g/mol. The molecule has 0 saturated heterocycles. The molecule has 0 amide bonds. The first-order valence-corrected chi connectivity index (χ1v) is 5.75. The lowest BCUT2D eigenvalue weighted by atomic mass is 10.0. The highest BCUT2D eigenvalue weighted by atomic mass is 16.5. The monoisotopic (exact) mass is 260 g/mol. The predicted octanol–water partition coefficient (Wildman–Crippen LogP) is 1.81. The zero-order chi connectivity index (χ0) is 13.4. The number of H-pyrrole nitrogens is 1. The molecule has 2 aromatic rings. The summed E-state index contributed by atoms with van der Waals surface area (Å²) >= 11 is 0. The van der Waals surface area contributed by atoms with E-state index in [0.29, 0.717) is 24.7 Å². The van der Waals surface area contributed by atoms with Gasteiger partial charge in [0.1, 0.15) is 11.4 Å². The van der Waals surface area contributed by atoms with Gasteiger partial charge in [0.15, 0.2) is 0 Å². The van der Waals surface area contributed by atoms with E-state index in [9.17, 15) is 4.79 Å². The van der Waals surface area contributed by atoms with E-state index in [-0.39, 0.29) is 5.69 Å². The van der Waals surface area contributed by atoms with Crippen LogP contribution < -0.4 is 4.74 Å². The molecule has 3 rings (SSSR count). The first kappa shape index (κ1) is 11.7. The number of carboxylic acids is 1. The third-order valence-corrected chi connectivity index (χ3v) is 3.12. The van der Waals surface area contributed by atoms with E-state index in [0.717, 1.165) is 16.7 Å². The van der Waals surface area contributed by atoms with Crippen LogP contribution in [0.15, 0.2) is 18.2 Å². The summed E-state index contributed by atoms with van der Waals surface area (Å²) in [5.41, 5.74) is 3.53. The fourth-order valence-corrected chi connectivity index (χ4v) is 2.14. The van der Waals surface area contributed by atoms with Gasteiger partial charge in [0.05, 0.1) is 26.0 Å². The fraction of sp³-hybridized carbons (Fsp3) is 0.231. The van der Waals surface area contributed by atoms with Gasteiger partial charge in [0.2, 0.25) is 0 Å². The molecule has 0 spiro atoms. The number of carboxylic acid groups (broad SMARTS) is 1. The molecule has 0 fully saturated rings. The zero-order valence-corrected chi connectivity index (χ0v) is 10.3. The van der Waals surface area contributed by atoms with Crippen LogP contribution in [-0.4, -0.2) is 28.4 Å². The summed E-state index contributed by atoms with van der Waals surface area (Å²) in [6.07, 6.45) is 0. The number of nitrogens with one attached hydrogen (secondary N) is 1. The summed E-state index contributed by atoms with van der Waals surface area (Å²) in [6, 6.07) is 5.33. The summed E-state index contributed by atoms with van der Waals surface area (Å²) < 4.78 is 10.7. The molecule has 19 heavy (non-hydrogen) atoms. The molecule has 0 saturated carbocycles. The Balaban J connectivity index is 2.10. The molecule has 2 N–H and O–H groups in total. The molecule has 0 atom stereocenters. The highest BCUT2D eigenvalue weighted by Gasteiger charge is 2.19. The molecule has 1 aliphatic rings. The van der Waals surface area contributed by atoms with Crippen molar-refractivity contribution in [2.75, 3.05) is 7.11 Å². The Bertz CT molecular complexity index is 648. The van der Waals surface area contributed by atoms with Crippen molar-refractivity contribution in [2.45, 2.75) is 13.2 Å². The number of rotatable bonds is 3. The fourth-order valence-electron chi connectivity index (χ4n) is 2.14. The van der Waals surface area contributed by atoms with Gasteiger partial charge in [0.25, 0.3) is 0 Å². The third-order valence-electron chi connectivity index (χ3n) is 3.12. The molecule has 0 unspecified atom stereocenters. The van der Waals surface area contributed by atoms with Crippen molar-refractivity contribution in [1.82, 2.24) is 10.2 Å². The topological polar surface area (TPSA) is 84.4 Å². The number of hydrogen-bond donors (Lipinski definition) is 2. The molecule has 0 aliphatic carbocycles. The van der Waals surface area contributed by atoms with Crippen LogP contribution in [0.1, 0.15) is 21.6 Å². The molecule has 2 heterocycles. The number of hydrogen-bond acceptors (Lipinski definition) is 4. The molecule has 6 heteroatoms. The molecule has 1 aromatic heterocycles. The van der Waals surface area contributed by atoms with Crippen LogP contribution in [0.4, 0.5) is 0 Å². The normalized spacial score (nSPS) is 13.3. The van der Waals surface area contributed by atoms with E-state index >= 15 is 0 Å². The van der Waals surface area contributed by atoms with Gasteiger partial charge in [-0.3, -0.25) is 5.10 Å². The second-order valence-corrected chi connectivity index (χ2v) is 4.29. The smallest absolute Gasteiger partial charge is 0.353 e. The molecule has 0 bridgehead atoms. The Morgan fingerprint density at radius 3 is 2.74 bits per heavy atom. The molecule has 0 radical (unpaired) electrons. The quantitative estimate of drug-likeness (QED) is 0.879. The van der Waals surface area contributed by atoms with Gasteiger partial charge in [-0.2, -0.15) is 5.10 Å². The molecule has 98 valence electrons. The Hall–Kier alpha value is -2.34. The van der Waals surface area contributed by atoms with Gasteiger partial charge in [0, 0.05) is 5.56 Å². The van der Waals surface area contributed by atoms with Crippen LogP contribution in [0, 0.1) is 0 Å². The number of aromatic carboxylic acids is 1. The van der Waals surface area contributed by atoms with Crippen LogP contribution in [-0.2, 0) is 18.0 Å². The van der Waals surface area contributed by atoms with Crippen LogP contribution in [0.3, 0.4) is 0 Å². The second-order valence-electron chi connectivity index (χ2n) is 4.29. The van der Waals surface area contributed by atoms with Crippen molar-refractivity contribution in [3.63, 3.8) is 0 Å². The molecule has 1 aliphatic heterocycles. The number of benzene rings is 1. The number of ether oxygens (including phenoxy) is 2. The standard InChI is InChI=1S/C13H12N2O4/c1-18-12-3-8-6-19-5-7(8)2-9(12)10-4-11(13(16)17)15-14-10/h2-4H,5-6H2,1H3,(H,14,15)(H,16,17). The minimum atomic E-state index is -1.04. The maximum atomic E-state index is 10.9. The summed E-state index contributed by atoms with van der Waals surface area (Å²) in [5, 5.41) is 15.4. The van der Waals surface area contributed by atoms with Crippen LogP contribution in [0.25, 0.3) is 11.3 Å². The third kappa shape index (κ3) is 1.96. The lowest BCUT2D eigenvalue weighted by Gasteiger charge is -2.08. The Morgan fingerprint density at radius 2 is 2.11 bits per heavy atom. The van der Waals surface area contributed by atoms with E-state index in [2.05, 4.69) is 10.2 Å². The number of nitrogens with zero attached hydrogens (tertiary/aromatic N) is 1. The lowest BCUT2D eigenvalue weighted by Crippen LogP contribution is -1.95. The minimum absolute atomic E-state index is 0.0498.